The summed E-state index contributed by atoms with van der Waals surface area (Å²) in [5.74, 6) is 0.910. The summed E-state index contributed by atoms with van der Waals surface area (Å²) in [6, 6.07) is 5.89. The molecule has 1 aromatic rings. The van der Waals surface area contributed by atoms with Crippen LogP contribution >= 0.6 is 0 Å². The Kier molecular flexibility index (Phi) is 2.20. The minimum absolute atomic E-state index is 0.114. The van der Waals surface area contributed by atoms with Crippen molar-refractivity contribution in [2.24, 2.45) is 5.92 Å². The number of pyridine rings is 1. The maximum Gasteiger partial charge on any atom is 0.250 e. The number of aromatic nitrogens is 1. The molecule has 4 atom stereocenters. The van der Waals surface area contributed by atoms with E-state index in [0.717, 1.165) is 32.5 Å². The highest BCUT2D eigenvalue weighted by Gasteiger charge is 2.46. The van der Waals surface area contributed by atoms with Crippen molar-refractivity contribution in [1.29, 1.82) is 0 Å². The standard InChI is InChI=1S/C14H18N2O2/c17-12-4-5-15-7-9-6-10(14(12)15)8-16-11(9)2-1-3-13(16)18/h1-3,9-10,12,14,17H,4-8H2. The summed E-state index contributed by atoms with van der Waals surface area (Å²) in [5.41, 5.74) is 1.31. The summed E-state index contributed by atoms with van der Waals surface area (Å²) in [6.07, 6.45) is 1.82. The van der Waals surface area contributed by atoms with E-state index < -0.39 is 0 Å². The van der Waals surface area contributed by atoms with E-state index in [9.17, 15) is 9.90 Å². The molecule has 2 bridgehead atoms. The molecule has 2 saturated heterocycles. The van der Waals surface area contributed by atoms with Gasteiger partial charge in [0.2, 0.25) is 0 Å². The summed E-state index contributed by atoms with van der Waals surface area (Å²) in [4.78, 5) is 14.4. The van der Waals surface area contributed by atoms with E-state index in [1.807, 2.05) is 10.6 Å². The number of piperidine rings is 1. The van der Waals surface area contributed by atoms with Crippen LogP contribution in [0.2, 0.25) is 0 Å². The smallest absolute Gasteiger partial charge is 0.250 e. The predicted molar refractivity (Wildman–Crippen MR) is 67.5 cm³/mol. The fraction of sp³-hybridized carbons (Fsp3) is 0.643. The molecule has 0 amide bonds. The van der Waals surface area contributed by atoms with Gasteiger partial charge < -0.3 is 9.67 Å². The van der Waals surface area contributed by atoms with E-state index in [1.54, 1.807) is 6.07 Å². The van der Waals surface area contributed by atoms with E-state index in [1.165, 1.54) is 5.69 Å². The molecular weight excluding hydrogens is 228 g/mol. The molecule has 0 radical (unpaired) electrons. The number of fused-ring (bicyclic) bond motifs is 6. The Morgan fingerprint density at radius 1 is 1.28 bits per heavy atom. The number of hydrogen-bond acceptors (Lipinski definition) is 3. The zero-order chi connectivity index (χ0) is 12.3. The molecule has 4 heterocycles. The number of nitrogens with zero attached hydrogens (tertiary/aromatic N) is 2. The lowest BCUT2D eigenvalue weighted by molar-refractivity contribution is 0.0215. The van der Waals surface area contributed by atoms with Gasteiger partial charge in [0.05, 0.1) is 6.10 Å². The fourth-order valence-corrected chi connectivity index (χ4v) is 4.27. The Balaban J connectivity index is 1.79. The normalized spacial score (nSPS) is 38.3. The third-order valence-electron chi connectivity index (χ3n) is 4.97. The van der Waals surface area contributed by atoms with Gasteiger partial charge in [-0.05, 0) is 24.8 Å². The van der Waals surface area contributed by atoms with Crippen LogP contribution in [-0.2, 0) is 6.54 Å². The third-order valence-corrected chi connectivity index (χ3v) is 4.97. The van der Waals surface area contributed by atoms with Crippen LogP contribution in [0.4, 0.5) is 0 Å². The zero-order valence-electron chi connectivity index (χ0n) is 10.3. The Morgan fingerprint density at radius 2 is 2.17 bits per heavy atom. The third kappa shape index (κ3) is 1.36. The van der Waals surface area contributed by atoms with Crippen LogP contribution in [0.3, 0.4) is 0 Å². The number of hydrogen-bond donors (Lipinski definition) is 1. The Bertz CT molecular complexity index is 539. The molecule has 0 aromatic carbocycles. The van der Waals surface area contributed by atoms with Crippen molar-refractivity contribution in [3.8, 4) is 0 Å². The number of aliphatic hydroxyl groups excluding tert-OH is 1. The molecule has 4 heteroatoms. The first-order valence-corrected chi connectivity index (χ1v) is 6.86. The van der Waals surface area contributed by atoms with Crippen LogP contribution in [0.5, 0.6) is 0 Å². The number of rotatable bonds is 0. The van der Waals surface area contributed by atoms with Crippen LogP contribution in [0.1, 0.15) is 24.5 Å². The molecule has 0 spiro atoms. The second-order valence-corrected chi connectivity index (χ2v) is 5.93. The molecule has 1 aromatic heterocycles. The fourth-order valence-electron chi connectivity index (χ4n) is 4.27. The molecule has 4 rings (SSSR count). The molecule has 1 N–H and O–H groups in total. The SMILES string of the molecule is O=c1cccc2n1CC1CC2CN2CCC(O)C12. The van der Waals surface area contributed by atoms with Crippen molar-refractivity contribution < 1.29 is 5.11 Å². The Hall–Kier alpha value is -1.13. The second-order valence-electron chi connectivity index (χ2n) is 5.93. The number of aliphatic hydroxyl groups is 1. The highest BCUT2D eigenvalue weighted by molar-refractivity contribution is 5.19. The monoisotopic (exact) mass is 246 g/mol. The lowest BCUT2D eigenvalue weighted by Crippen LogP contribution is -2.53. The van der Waals surface area contributed by atoms with Gasteiger partial charge in [-0.3, -0.25) is 9.69 Å². The molecule has 96 valence electrons. The molecule has 4 nitrogen and oxygen atoms in total. The summed E-state index contributed by atoms with van der Waals surface area (Å²) in [7, 11) is 0. The maximum atomic E-state index is 12.0. The Morgan fingerprint density at radius 3 is 3.06 bits per heavy atom. The maximum absolute atomic E-state index is 12.0. The van der Waals surface area contributed by atoms with Crippen molar-refractivity contribution in [3.05, 3.63) is 34.2 Å². The molecule has 0 saturated carbocycles. The van der Waals surface area contributed by atoms with Crippen molar-refractivity contribution in [2.45, 2.75) is 37.5 Å². The van der Waals surface area contributed by atoms with Gasteiger partial charge in [0, 0.05) is 43.4 Å². The van der Waals surface area contributed by atoms with Gasteiger partial charge in [-0.25, -0.2) is 0 Å². The average molecular weight is 246 g/mol. The second kappa shape index (κ2) is 3.68. The summed E-state index contributed by atoms with van der Waals surface area (Å²) in [6.45, 7) is 2.79. The molecule has 4 unspecified atom stereocenters. The summed E-state index contributed by atoms with van der Waals surface area (Å²) < 4.78 is 1.93. The molecule has 3 aliphatic heterocycles. The van der Waals surface area contributed by atoms with E-state index in [4.69, 9.17) is 0 Å². The van der Waals surface area contributed by atoms with E-state index in [-0.39, 0.29) is 17.7 Å². The average Bonchev–Trinajstić information content (AvgIpc) is 2.73. The first-order valence-electron chi connectivity index (χ1n) is 6.86. The summed E-state index contributed by atoms with van der Waals surface area (Å²) >= 11 is 0. The first-order chi connectivity index (χ1) is 8.74. The van der Waals surface area contributed by atoms with Crippen molar-refractivity contribution in [2.75, 3.05) is 13.1 Å². The summed E-state index contributed by atoms with van der Waals surface area (Å²) in [5, 5.41) is 10.1. The predicted octanol–water partition coefficient (Wildman–Crippen LogP) is 0.401. The zero-order valence-corrected chi connectivity index (χ0v) is 10.3. The van der Waals surface area contributed by atoms with Gasteiger partial charge in [0.25, 0.3) is 5.56 Å². The lowest BCUT2D eigenvalue weighted by atomic mass is 9.78. The van der Waals surface area contributed by atoms with E-state index >= 15 is 0 Å². The lowest BCUT2D eigenvalue weighted by Gasteiger charge is -2.46. The first kappa shape index (κ1) is 10.8. The van der Waals surface area contributed by atoms with Crippen LogP contribution in [-0.4, -0.2) is 39.8 Å². The molecular formula is C14H18N2O2. The van der Waals surface area contributed by atoms with Gasteiger partial charge >= 0.3 is 0 Å². The largest absolute Gasteiger partial charge is 0.391 e. The molecule has 2 fully saturated rings. The molecule has 18 heavy (non-hydrogen) atoms. The van der Waals surface area contributed by atoms with E-state index in [0.29, 0.717) is 11.8 Å². The minimum Gasteiger partial charge on any atom is -0.391 e. The van der Waals surface area contributed by atoms with Gasteiger partial charge in [0.1, 0.15) is 0 Å². The van der Waals surface area contributed by atoms with Crippen molar-refractivity contribution >= 4 is 0 Å². The molecule has 3 aliphatic rings. The van der Waals surface area contributed by atoms with Gasteiger partial charge in [-0.1, -0.05) is 6.07 Å². The van der Waals surface area contributed by atoms with Crippen LogP contribution in [0.15, 0.2) is 23.0 Å². The van der Waals surface area contributed by atoms with Gasteiger partial charge in [-0.2, -0.15) is 0 Å². The molecule has 0 aliphatic carbocycles. The van der Waals surface area contributed by atoms with Crippen LogP contribution < -0.4 is 5.56 Å². The quantitative estimate of drug-likeness (QED) is 0.721. The minimum atomic E-state index is -0.197. The van der Waals surface area contributed by atoms with Gasteiger partial charge in [-0.15, -0.1) is 0 Å². The van der Waals surface area contributed by atoms with Crippen LogP contribution in [0, 0.1) is 5.92 Å². The highest BCUT2D eigenvalue weighted by Crippen LogP contribution is 2.42. The van der Waals surface area contributed by atoms with Gasteiger partial charge in [0.15, 0.2) is 0 Å². The topological polar surface area (TPSA) is 45.5 Å². The Labute approximate surface area is 106 Å². The highest BCUT2D eigenvalue weighted by atomic mass is 16.3. The van der Waals surface area contributed by atoms with Crippen LogP contribution in [0.25, 0.3) is 0 Å². The van der Waals surface area contributed by atoms with Crippen molar-refractivity contribution in [1.82, 2.24) is 9.47 Å². The van der Waals surface area contributed by atoms with Crippen molar-refractivity contribution in [3.63, 3.8) is 0 Å². The van der Waals surface area contributed by atoms with E-state index in [2.05, 4.69) is 11.0 Å².